The molecule has 0 amide bonds. The maximum Gasteiger partial charge on any atom is 0.336 e. The van der Waals surface area contributed by atoms with Crippen LogP contribution in [0.25, 0.3) is 0 Å². The number of ether oxygens (including phenoxy) is 1. The summed E-state index contributed by atoms with van der Waals surface area (Å²) in [7, 11) is 2.01. The van der Waals surface area contributed by atoms with Crippen LogP contribution in [0, 0.1) is 5.92 Å². The Kier molecular flexibility index (Phi) is 5.08. The number of cyclic esters (lactones) is 1. The maximum atomic E-state index is 12.3. The molecular weight excluding hydrogens is 252 g/mol. The summed E-state index contributed by atoms with van der Waals surface area (Å²) < 4.78 is 5.59. The normalized spacial score (nSPS) is 28.1. The standard InChI is InChI=1S/C16H28N2O2/c1-5-13-15(11(2)3)16(19)20-10-14-12(17-4)8-6-7-9-18(13)14/h11-12,14,17H,5-10H2,1-4H3. The van der Waals surface area contributed by atoms with Gasteiger partial charge in [-0.25, -0.2) is 4.79 Å². The van der Waals surface area contributed by atoms with E-state index >= 15 is 0 Å². The fraction of sp³-hybridized carbons (Fsp3) is 0.812. The van der Waals surface area contributed by atoms with E-state index in [4.69, 9.17) is 4.74 Å². The molecule has 2 aliphatic rings. The first-order valence-electron chi connectivity index (χ1n) is 7.94. The Morgan fingerprint density at radius 3 is 2.75 bits per heavy atom. The summed E-state index contributed by atoms with van der Waals surface area (Å²) in [5.41, 5.74) is 2.08. The molecule has 20 heavy (non-hydrogen) atoms. The predicted octanol–water partition coefficient (Wildman–Crippen LogP) is 2.31. The zero-order chi connectivity index (χ0) is 14.7. The molecule has 2 aliphatic heterocycles. The van der Waals surface area contributed by atoms with E-state index < -0.39 is 0 Å². The van der Waals surface area contributed by atoms with E-state index in [0.717, 1.165) is 25.0 Å². The number of rotatable bonds is 3. The monoisotopic (exact) mass is 280 g/mol. The van der Waals surface area contributed by atoms with Crippen LogP contribution < -0.4 is 5.32 Å². The van der Waals surface area contributed by atoms with E-state index in [1.54, 1.807) is 0 Å². The van der Waals surface area contributed by atoms with Crippen LogP contribution in [0.15, 0.2) is 11.3 Å². The minimum absolute atomic E-state index is 0.111. The topological polar surface area (TPSA) is 41.6 Å². The van der Waals surface area contributed by atoms with Gasteiger partial charge in [0.05, 0.1) is 11.6 Å². The van der Waals surface area contributed by atoms with Crippen LogP contribution in [0.4, 0.5) is 0 Å². The zero-order valence-electron chi connectivity index (χ0n) is 13.2. The van der Waals surface area contributed by atoms with E-state index in [0.29, 0.717) is 12.6 Å². The summed E-state index contributed by atoms with van der Waals surface area (Å²) in [5, 5.41) is 3.42. The molecule has 0 aromatic rings. The average molecular weight is 280 g/mol. The lowest BCUT2D eigenvalue weighted by atomic mass is 9.98. The molecule has 0 bridgehead atoms. The molecule has 2 atom stereocenters. The molecule has 0 spiro atoms. The Morgan fingerprint density at radius 2 is 2.15 bits per heavy atom. The number of likely N-dealkylation sites (N-methyl/N-ethyl adjacent to an activating group) is 1. The molecule has 1 N–H and O–H groups in total. The van der Waals surface area contributed by atoms with E-state index in [1.807, 2.05) is 7.05 Å². The van der Waals surface area contributed by atoms with Gasteiger partial charge in [-0.05, 0) is 32.2 Å². The minimum atomic E-state index is -0.111. The van der Waals surface area contributed by atoms with Crippen molar-refractivity contribution < 1.29 is 9.53 Å². The second kappa shape index (κ2) is 6.61. The number of hydrogen-bond donors (Lipinski definition) is 1. The number of nitrogens with zero attached hydrogens (tertiary/aromatic N) is 1. The van der Waals surface area contributed by atoms with Crippen molar-refractivity contribution in [2.45, 2.75) is 58.5 Å². The van der Waals surface area contributed by atoms with E-state index in [2.05, 4.69) is 31.0 Å². The van der Waals surface area contributed by atoms with Gasteiger partial charge in [0.1, 0.15) is 6.61 Å². The van der Waals surface area contributed by atoms with Gasteiger partial charge in [-0.15, -0.1) is 0 Å². The van der Waals surface area contributed by atoms with Gasteiger partial charge >= 0.3 is 5.97 Å². The summed E-state index contributed by atoms with van der Waals surface area (Å²) in [6, 6.07) is 0.677. The molecule has 114 valence electrons. The number of carbonyl (C=O) groups excluding carboxylic acids is 1. The quantitative estimate of drug-likeness (QED) is 0.806. The lowest BCUT2D eigenvalue weighted by Gasteiger charge is -2.36. The number of hydrogen-bond acceptors (Lipinski definition) is 4. The van der Waals surface area contributed by atoms with Crippen molar-refractivity contribution in [2.75, 3.05) is 20.2 Å². The first-order chi connectivity index (χ1) is 9.60. The van der Waals surface area contributed by atoms with Crippen LogP contribution in [0.2, 0.25) is 0 Å². The van der Waals surface area contributed by atoms with Gasteiger partial charge in [0.25, 0.3) is 0 Å². The molecule has 2 rings (SSSR count). The molecule has 1 fully saturated rings. The molecule has 0 aliphatic carbocycles. The summed E-state index contributed by atoms with van der Waals surface area (Å²) in [5.74, 6) is 0.104. The van der Waals surface area contributed by atoms with Crippen LogP contribution in [-0.2, 0) is 9.53 Å². The molecule has 4 nitrogen and oxygen atoms in total. The van der Waals surface area contributed by atoms with Crippen molar-refractivity contribution in [3.05, 3.63) is 11.3 Å². The summed E-state index contributed by atoms with van der Waals surface area (Å²) in [6.45, 7) is 7.86. The lowest BCUT2D eigenvalue weighted by Crippen LogP contribution is -2.49. The largest absolute Gasteiger partial charge is 0.460 e. The fourth-order valence-corrected chi connectivity index (χ4v) is 3.57. The van der Waals surface area contributed by atoms with Gasteiger partial charge in [-0.3, -0.25) is 0 Å². The van der Waals surface area contributed by atoms with Gasteiger partial charge in [0, 0.05) is 18.3 Å². The third-order valence-electron chi connectivity index (χ3n) is 4.57. The number of nitrogens with one attached hydrogen (secondary N) is 1. The molecule has 0 aromatic carbocycles. The Labute approximate surface area is 122 Å². The maximum absolute atomic E-state index is 12.3. The molecule has 0 saturated carbocycles. The zero-order valence-corrected chi connectivity index (χ0v) is 13.2. The van der Waals surface area contributed by atoms with Gasteiger partial charge < -0.3 is 15.0 Å². The van der Waals surface area contributed by atoms with Crippen LogP contribution in [-0.4, -0.2) is 43.2 Å². The minimum Gasteiger partial charge on any atom is -0.460 e. The predicted molar refractivity (Wildman–Crippen MR) is 80.3 cm³/mol. The third-order valence-corrected chi connectivity index (χ3v) is 4.57. The molecule has 0 aromatic heterocycles. The number of carbonyl (C=O) groups is 1. The highest BCUT2D eigenvalue weighted by Gasteiger charge is 2.36. The molecule has 1 saturated heterocycles. The van der Waals surface area contributed by atoms with E-state index in [9.17, 15) is 4.79 Å². The van der Waals surface area contributed by atoms with Crippen LogP contribution in [0.1, 0.15) is 46.5 Å². The van der Waals surface area contributed by atoms with Crippen molar-refractivity contribution in [2.24, 2.45) is 5.92 Å². The van der Waals surface area contributed by atoms with Crippen molar-refractivity contribution >= 4 is 5.97 Å². The van der Waals surface area contributed by atoms with Crippen LogP contribution in [0.3, 0.4) is 0 Å². The average Bonchev–Trinajstić information content (AvgIpc) is 2.69. The molecular formula is C16H28N2O2. The van der Waals surface area contributed by atoms with Gasteiger partial charge in [0.15, 0.2) is 0 Å². The second-order valence-electron chi connectivity index (χ2n) is 6.12. The van der Waals surface area contributed by atoms with E-state index in [-0.39, 0.29) is 17.9 Å². The number of allylic oxidation sites excluding steroid dienone is 1. The lowest BCUT2D eigenvalue weighted by molar-refractivity contribution is -0.140. The first-order valence-corrected chi connectivity index (χ1v) is 7.94. The molecule has 4 heteroatoms. The Bertz CT molecular complexity index is 390. The summed E-state index contributed by atoms with van der Waals surface area (Å²) in [6.07, 6.45) is 4.48. The number of fused-ring (bicyclic) bond motifs is 1. The van der Waals surface area contributed by atoms with Crippen molar-refractivity contribution in [1.29, 1.82) is 0 Å². The molecule has 0 radical (unpaired) electrons. The smallest absolute Gasteiger partial charge is 0.336 e. The van der Waals surface area contributed by atoms with Crippen LogP contribution in [0.5, 0.6) is 0 Å². The Hall–Kier alpha value is -1.03. The number of esters is 1. The van der Waals surface area contributed by atoms with Crippen molar-refractivity contribution in [1.82, 2.24) is 10.2 Å². The summed E-state index contributed by atoms with van der Waals surface area (Å²) in [4.78, 5) is 14.8. The fourth-order valence-electron chi connectivity index (χ4n) is 3.57. The van der Waals surface area contributed by atoms with Crippen molar-refractivity contribution in [3.63, 3.8) is 0 Å². The second-order valence-corrected chi connectivity index (χ2v) is 6.12. The highest BCUT2D eigenvalue weighted by molar-refractivity contribution is 5.90. The van der Waals surface area contributed by atoms with Gasteiger partial charge in [-0.2, -0.15) is 0 Å². The van der Waals surface area contributed by atoms with Gasteiger partial charge in [0.2, 0.25) is 0 Å². The molecule has 2 unspecified atom stereocenters. The Balaban J connectivity index is 2.43. The highest BCUT2D eigenvalue weighted by Crippen LogP contribution is 2.31. The SMILES string of the molecule is CCC1=C(C(C)C)C(=O)OCC2C(NC)CCCCN12. The third kappa shape index (κ3) is 2.85. The highest BCUT2D eigenvalue weighted by atomic mass is 16.5. The first kappa shape index (κ1) is 15.4. The van der Waals surface area contributed by atoms with Crippen LogP contribution >= 0.6 is 0 Å². The summed E-state index contributed by atoms with van der Waals surface area (Å²) >= 11 is 0. The van der Waals surface area contributed by atoms with Crippen molar-refractivity contribution in [3.8, 4) is 0 Å². The Morgan fingerprint density at radius 1 is 1.40 bits per heavy atom. The van der Waals surface area contributed by atoms with E-state index in [1.165, 1.54) is 18.5 Å². The molecule has 2 heterocycles. The van der Waals surface area contributed by atoms with Gasteiger partial charge in [-0.1, -0.05) is 27.2 Å².